The van der Waals surface area contributed by atoms with Crippen LogP contribution >= 0.6 is 0 Å². The Kier molecular flexibility index (Phi) is 3.91. The summed E-state index contributed by atoms with van der Waals surface area (Å²) in [7, 11) is 0. The third-order valence-electron chi connectivity index (χ3n) is 2.75. The fraction of sp³-hybridized carbons (Fsp3) is 0.769. The number of carbonyl (C=O) groups is 1. The third kappa shape index (κ3) is 4.08. The average Bonchev–Trinajstić information content (AvgIpc) is 2.14. The van der Waals surface area contributed by atoms with Gasteiger partial charge in [-0.15, -0.1) is 0 Å². The van der Waals surface area contributed by atoms with Crippen molar-refractivity contribution in [2.45, 2.75) is 59.3 Å². The van der Waals surface area contributed by atoms with Gasteiger partial charge < -0.3 is 0 Å². The second-order valence-corrected chi connectivity index (χ2v) is 5.46. The Morgan fingerprint density at radius 1 is 1.36 bits per heavy atom. The van der Waals surface area contributed by atoms with Crippen LogP contribution < -0.4 is 0 Å². The van der Waals surface area contributed by atoms with Crippen molar-refractivity contribution in [3.05, 3.63) is 11.6 Å². The maximum absolute atomic E-state index is 11.8. The highest BCUT2D eigenvalue weighted by molar-refractivity contribution is 5.95. The molecule has 0 aliphatic heterocycles. The van der Waals surface area contributed by atoms with Crippen LogP contribution in [0.4, 0.5) is 0 Å². The van der Waals surface area contributed by atoms with Crippen molar-refractivity contribution in [2.75, 3.05) is 0 Å². The van der Waals surface area contributed by atoms with Gasteiger partial charge in [0.15, 0.2) is 5.78 Å². The molecule has 0 saturated heterocycles. The normalized spacial score (nSPS) is 17.8. The molecule has 0 bridgehead atoms. The van der Waals surface area contributed by atoms with E-state index in [2.05, 4.69) is 26.8 Å². The Bertz CT molecular complexity index is 230. The minimum atomic E-state index is 0.283. The predicted molar refractivity (Wildman–Crippen MR) is 60.2 cm³/mol. The van der Waals surface area contributed by atoms with Crippen LogP contribution in [0.5, 0.6) is 0 Å². The summed E-state index contributed by atoms with van der Waals surface area (Å²) in [4.78, 5) is 11.8. The van der Waals surface area contributed by atoms with Gasteiger partial charge in [0.05, 0.1) is 0 Å². The first-order chi connectivity index (χ1) is 6.49. The highest BCUT2D eigenvalue weighted by Crippen LogP contribution is 2.24. The molecule has 0 N–H and O–H groups in total. The van der Waals surface area contributed by atoms with E-state index in [4.69, 9.17) is 0 Å². The van der Waals surface area contributed by atoms with Crippen molar-refractivity contribution in [3.8, 4) is 0 Å². The number of Topliss-reactive ketones (excluding diaryl/α,β-unsaturated/α-hetero) is 1. The van der Waals surface area contributed by atoms with E-state index in [1.54, 1.807) is 0 Å². The van der Waals surface area contributed by atoms with Gasteiger partial charge in [0.2, 0.25) is 0 Å². The SMILES string of the molecule is CC(C)(C)CCC(=O)C1=CCCCC1. The molecule has 0 aromatic carbocycles. The van der Waals surface area contributed by atoms with Crippen LogP contribution in [0.25, 0.3) is 0 Å². The van der Waals surface area contributed by atoms with Crippen molar-refractivity contribution in [1.82, 2.24) is 0 Å². The summed E-state index contributed by atoms with van der Waals surface area (Å²) in [6.07, 6.45) is 8.47. The molecular weight excluding hydrogens is 172 g/mol. The van der Waals surface area contributed by atoms with E-state index in [1.807, 2.05) is 0 Å². The van der Waals surface area contributed by atoms with Crippen molar-refractivity contribution in [1.29, 1.82) is 0 Å². The van der Waals surface area contributed by atoms with Crippen LogP contribution in [0, 0.1) is 5.41 Å². The molecule has 1 aliphatic carbocycles. The number of hydrogen-bond acceptors (Lipinski definition) is 1. The zero-order valence-electron chi connectivity index (χ0n) is 9.73. The standard InChI is InChI=1S/C13H22O/c1-13(2,3)10-9-12(14)11-7-5-4-6-8-11/h7H,4-6,8-10H2,1-3H3. The molecule has 0 atom stereocenters. The molecule has 0 unspecified atom stereocenters. The molecule has 0 amide bonds. The number of carbonyl (C=O) groups excluding carboxylic acids is 1. The highest BCUT2D eigenvalue weighted by atomic mass is 16.1. The van der Waals surface area contributed by atoms with E-state index in [1.165, 1.54) is 12.8 Å². The van der Waals surface area contributed by atoms with Crippen LogP contribution in [0.3, 0.4) is 0 Å². The van der Waals surface area contributed by atoms with Crippen LogP contribution in [0.2, 0.25) is 0 Å². The molecule has 0 heterocycles. The van der Waals surface area contributed by atoms with Crippen molar-refractivity contribution in [3.63, 3.8) is 0 Å². The highest BCUT2D eigenvalue weighted by Gasteiger charge is 2.16. The van der Waals surface area contributed by atoms with E-state index >= 15 is 0 Å². The van der Waals surface area contributed by atoms with Crippen molar-refractivity contribution in [2.24, 2.45) is 5.41 Å². The molecule has 1 aliphatic rings. The molecule has 14 heavy (non-hydrogen) atoms. The molecule has 0 radical (unpaired) electrons. The number of rotatable bonds is 3. The van der Waals surface area contributed by atoms with Gasteiger partial charge in [-0.25, -0.2) is 0 Å². The molecule has 0 fully saturated rings. The summed E-state index contributed by atoms with van der Waals surface area (Å²) in [6.45, 7) is 6.57. The lowest BCUT2D eigenvalue weighted by atomic mass is 9.87. The van der Waals surface area contributed by atoms with E-state index in [-0.39, 0.29) is 5.41 Å². The Balaban J connectivity index is 2.38. The summed E-state index contributed by atoms with van der Waals surface area (Å²) in [5, 5.41) is 0. The maximum Gasteiger partial charge on any atom is 0.158 e. The minimum absolute atomic E-state index is 0.283. The van der Waals surface area contributed by atoms with Gasteiger partial charge in [-0.2, -0.15) is 0 Å². The largest absolute Gasteiger partial charge is 0.295 e. The summed E-state index contributed by atoms with van der Waals surface area (Å²) in [5.74, 6) is 0.389. The van der Waals surface area contributed by atoms with Crippen LogP contribution in [-0.4, -0.2) is 5.78 Å². The Hall–Kier alpha value is -0.590. The zero-order chi connectivity index (χ0) is 10.6. The topological polar surface area (TPSA) is 17.1 Å². The molecule has 1 heteroatoms. The lowest BCUT2D eigenvalue weighted by Gasteiger charge is -2.18. The molecule has 0 aromatic heterocycles. The first kappa shape index (κ1) is 11.5. The predicted octanol–water partition coefficient (Wildman–Crippen LogP) is 3.88. The number of hydrogen-bond donors (Lipinski definition) is 0. The van der Waals surface area contributed by atoms with E-state index < -0.39 is 0 Å². The Labute approximate surface area is 87.6 Å². The van der Waals surface area contributed by atoms with Crippen LogP contribution in [-0.2, 0) is 4.79 Å². The van der Waals surface area contributed by atoms with Crippen molar-refractivity contribution < 1.29 is 4.79 Å². The molecule has 0 saturated carbocycles. The summed E-state index contributed by atoms with van der Waals surface area (Å²) >= 11 is 0. The second kappa shape index (κ2) is 4.77. The van der Waals surface area contributed by atoms with Crippen LogP contribution in [0.15, 0.2) is 11.6 Å². The summed E-state index contributed by atoms with van der Waals surface area (Å²) in [6, 6.07) is 0. The van der Waals surface area contributed by atoms with Gasteiger partial charge in [0, 0.05) is 6.42 Å². The molecular formula is C13H22O. The fourth-order valence-corrected chi connectivity index (χ4v) is 1.74. The Morgan fingerprint density at radius 3 is 2.57 bits per heavy atom. The smallest absolute Gasteiger partial charge is 0.158 e. The lowest BCUT2D eigenvalue weighted by molar-refractivity contribution is -0.116. The van der Waals surface area contributed by atoms with E-state index in [0.29, 0.717) is 5.78 Å². The molecule has 0 aromatic rings. The van der Waals surface area contributed by atoms with Crippen LogP contribution in [0.1, 0.15) is 59.3 Å². The monoisotopic (exact) mass is 194 g/mol. The van der Waals surface area contributed by atoms with Gasteiger partial charge in [-0.1, -0.05) is 26.8 Å². The molecule has 1 nitrogen and oxygen atoms in total. The maximum atomic E-state index is 11.8. The van der Waals surface area contributed by atoms with E-state index in [9.17, 15) is 4.79 Å². The second-order valence-electron chi connectivity index (χ2n) is 5.46. The van der Waals surface area contributed by atoms with Gasteiger partial charge in [-0.3, -0.25) is 4.79 Å². The molecule has 80 valence electrons. The minimum Gasteiger partial charge on any atom is -0.295 e. The van der Waals surface area contributed by atoms with Gasteiger partial charge >= 0.3 is 0 Å². The average molecular weight is 194 g/mol. The first-order valence-electron chi connectivity index (χ1n) is 5.71. The first-order valence-corrected chi connectivity index (χ1v) is 5.71. The van der Waals surface area contributed by atoms with E-state index in [0.717, 1.165) is 31.3 Å². The lowest BCUT2D eigenvalue weighted by Crippen LogP contribution is -2.11. The third-order valence-corrected chi connectivity index (χ3v) is 2.75. The number of ketones is 1. The zero-order valence-corrected chi connectivity index (χ0v) is 9.73. The van der Waals surface area contributed by atoms with Gasteiger partial charge in [0.25, 0.3) is 0 Å². The van der Waals surface area contributed by atoms with Gasteiger partial charge in [0.1, 0.15) is 0 Å². The molecule has 1 rings (SSSR count). The fourth-order valence-electron chi connectivity index (χ4n) is 1.74. The Morgan fingerprint density at radius 2 is 2.07 bits per heavy atom. The van der Waals surface area contributed by atoms with Crippen molar-refractivity contribution >= 4 is 5.78 Å². The summed E-state index contributed by atoms with van der Waals surface area (Å²) in [5.41, 5.74) is 1.38. The number of allylic oxidation sites excluding steroid dienone is 2. The molecule has 0 spiro atoms. The summed E-state index contributed by atoms with van der Waals surface area (Å²) < 4.78 is 0. The quantitative estimate of drug-likeness (QED) is 0.666. The van der Waals surface area contributed by atoms with Gasteiger partial charge in [-0.05, 0) is 43.1 Å².